The number of fused-ring (bicyclic) bond motifs is 3. The van der Waals surface area contributed by atoms with E-state index in [4.69, 9.17) is 14.3 Å². The number of aliphatic carboxylic acids is 1. The molecule has 1 aliphatic rings. The van der Waals surface area contributed by atoms with Gasteiger partial charge in [-0.2, -0.15) is 0 Å². The number of hydrogen-bond acceptors (Lipinski definition) is 4. The van der Waals surface area contributed by atoms with Gasteiger partial charge in [0.1, 0.15) is 22.9 Å². The topological polar surface area (TPSA) is 79.9 Å². The van der Waals surface area contributed by atoms with Crippen LogP contribution in [0.5, 0.6) is 5.75 Å². The Balaban J connectivity index is 1.96. The van der Waals surface area contributed by atoms with E-state index in [1.807, 2.05) is 13.0 Å². The van der Waals surface area contributed by atoms with E-state index < -0.39 is 5.97 Å². The van der Waals surface area contributed by atoms with E-state index in [1.54, 1.807) is 18.2 Å². The fourth-order valence-corrected chi connectivity index (χ4v) is 3.46. The molecule has 0 bridgehead atoms. The molecule has 2 aromatic rings. The number of carbonyl (C=O) groups is 1. The van der Waals surface area contributed by atoms with Crippen LogP contribution in [0, 0.1) is 0 Å². The Morgan fingerprint density at radius 3 is 2.88 bits per heavy atom. The van der Waals surface area contributed by atoms with E-state index in [2.05, 4.69) is 6.08 Å². The van der Waals surface area contributed by atoms with Crippen LogP contribution in [0.15, 0.2) is 58.3 Å². The summed E-state index contributed by atoms with van der Waals surface area (Å²) in [6.07, 6.45) is 9.36. The Labute approximate surface area is 151 Å². The highest BCUT2D eigenvalue weighted by Crippen LogP contribution is 2.41. The molecule has 1 aromatic heterocycles. The second kappa shape index (κ2) is 7.52. The summed E-state index contributed by atoms with van der Waals surface area (Å²) in [5.74, 6) is 0.849. The van der Waals surface area contributed by atoms with Crippen molar-refractivity contribution in [1.82, 2.24) is 0 Å². The van der Waals surface area contributed by atoms with Gasteiger partial charge in [-0.1, -0.05) is 11.6 Å². The number of methoxy groups -OCH3 is 1. The van der Waals surface area contributed by atoms with Gasteiger partial charge in [0.2, 0.25) is 0 Å². The third-order valence-electron chi connectivity index (χ3n) is 4.54. The number of phenolic OH excluding ortho intramolecular Hbond substituents is 1. The summed E-state index contributed by atoms with van der Waals surface area (Å²) in [7, 11) is 1.51. The molecule has 26 heavy (non-hydrogen) atoms. The van der Waals surface area contributed by atoms with Gasteiger partial charge in [-0.3, -0.25) is 0 Å². The molecule has 3 rings (SSSR count). The standard InChI is InChI=1S/C21H22O5/c1-13(11-16(25-2)7-9-20(23)24)10-14-4-3-5-19-21(14)17-12-15(22)6-8-18(17)26-19/h6-12,14,22H,3-5H2,1-2H3,(H,23,24). The lowest BCUT2D eigenvalue weighted by Crippen LogP contribution is -2.06. The van der Waals surface area contributed by atoms with Gasteiger partial charge in [0.05, 0.1) is 7.11 Å². The van der Waals surface area contributed by atoms with Crippen LogP contribution < -0.4 is 0 Å². The first-order chi connectivity index (χ1) is 12.5. The van der Waals surface area contributed by atoms with E-state index in [0.717, 1.165) is 53.2 Å². The highest BCUT2D eigenvalue weighted by Gasteiger charge is 2.25. The lowest BCUT2D eigenvalue weighted by atomic mass is 9.84. The Morgan fingerprint density at radius 2 is 2.15 bits per heavy atom. The third-order valence-corrected chi connectivity index (χ3v) is 4.54. The highest BCUT2D eigenvalue weighted by atomic mass is 16.5. The van der Waals surface area contributed by atoms with Gasteiger partial charge in [-0.15, -0.1) is 0 Å². The fourth-order valence-electron chi connectivity index (χ4n) is 3.46. The van der Waals surface area contributed by atoms with Crippen molar-refractivity contribution in [2.75, 3.05) is 7.11 Å². The number of ether oxygens (including phenoxy) is 1. The van der Waals surface area contributed by atoms with E-state index in [1.165, 1.54) is 13.2 Å². The predicted molar refractivity (Wildman–Crippen MR) is 99.2 cm³/mol. The summed E-state index contributed by atoms with van der Waals surface area (Å²) in [6.45, 7) is 1.96. The minimum Gasteiger partial charge on any atom is -0.508 e. The molecule has 0 spiro atoms. The zero-order chi connectivity index (χ0) is 18.7. The van der Waals surface area contributed by atoms with Gasteiger partial charge in [-0.25, -0.2) is 4.79 Å². The number of carboxylic acid groups (broad SMARTS) is 1. The van der Waals surface area contributed by atoms with Crippen LogP contribution in [-0.2, 0) is 16.0 Å². The number of carboxylic acids is 1. The number of aryl methyl sites for hydroxylation is 1. The molecule has 1 heterocycles. The van der Waals surface area contributed by atoms with Crippen molar-refractivity contribution in [2.45, 2.75) is 32.1 Å². The molecule has 5 nitrogen and oxygen atoms in total. The quantitative estimate of drug-likeness (QED) is 0.463. The first-order valence-electron chi connectivity index (χ1n) is 8.57. The second-order valence-electron chi connectivity index (χ2n) is 6.45. The molecule has 0 radical (unpaired) electrons. The van der Waals surface area contributed by atoms with E-state index in [9.17, 15) is 9.90 Å². The molecule has 0 fully saturated rings. The zero-order valence-electron chi connectivity index (χ0n) is 14.9. The molecule has 1 atom stereocenters. The molecule has 0 aliphatic heterocycles. The van der Waals surface area contributed by atoms with Gasteiger partial charge in [0.15, 0.2) is 0 Å². The number of furan rings is 1. The molecule has 136 valence electrons. The molecule has 1 aromatic carbocycles. The van der Waals surface area contributed by atoms with Crippen molar-refractivity contribution in [3.63, 3.8) is 0 Å². The molecule has 0 saturated carbocycles. The number of hydrogen-bond donors (Lipinski definition) is 2. The maximum Gasteiger partial charge on any atom is 0.328 e. The Hall–Kier alpha value is -2.95. The third kappa shape index (κ3) is 3.82. The summed E-state index contributed by atoms with van der Waals surface area (Å²) in [5, 5.41) is 19.5. The average molecular weight is 354 g/mol. The maximum atomic E-state index is 10.7. The summed E-state index contributed by atoms with van der Waals surface area (Å²) in [4.78, 5) is 10.7. The summed E-state index contributed by atoms with van der Waals surface area (Å²) in [6, 6.07) is 5.19. The smallest absolute Gasteiger partial charge is 0.328 e. The van der Waals surface area contributed by atoms with Gasteiger partial charge >= 0.3 is 5.97 Å². The van der Waals surface area contributed by atoms with E-state index in [0.29, 0.717) is 5.76 Å². The predicted octanol–water partition coefficient (Wildman–Crippen LogP) is 4.68. The van der Waals surface area contributed by atoms with Crippen LogP contribution in [0.4, 0.5) is 0 Å². The van der Waals surface area contributed by atoms with Crippen LogP contribution in [0.3, 0.4) is 0 Å². The first kappa shape index (κ1) is 17.9. The van der Waals surface area contributed by atoms with Crippen molar-refractivity contribution in [3.8, 4) is 5.75 Å². The van der Waals surface area contributed by atoms with Gasteiger partial charge in [-0.05, 0) is 50.1 Å². The Morgan fingerprint density at radius 1 is 1.35 bits per heavy atom. The maximum absolute atomic E-state index is 10.7. The molecule has 1 aliphatic carbocycles. The van der Waals surface area contributed by atoms with Crippen molar-refractivity contribution in [2.24, 2.45) is 0 Å². The zero-order valence-corrected chi connectivity index (χ0v) is 14.9. The van der Waals surface area contributed by atoms with Crippen molar-refractivity contribution in [3.05, 3.63) is 65.2 Å². The molecular weight excluding hydrogens is 332 g/mol. The van der Waals surface area contributed by atoms with Crippen molar-refractivity contribution >= 4 is 16.9 Å². The van der Waals surface area contributed by atoms with Crippen LogP contribution in [0.25, 0.3) is 11.0 Å². The van der Waals surface area contributed by atoms with Gasteiger partial charge in [0.25, 0.3) is 0 Å². The van der Waals surface area contributed by atoms with E-state index in [-0.39, 0.29) is 11.7 Å². The Kier molecular flexibility index (Phi) is 5.16. The Bertz CT molecular complexity index is 914. The molecule has 0 amide bonds. The second-order valence-corrected chi connectivity index (χ2v) is 6.45. The van der Waals surface area contributed by atoms with Crippen LogP contribution in [0.2, 0.25) is 0 Å². The average Bonchev–Trinajstić information content (AvgIpc) is 2.97. The van der Waals surface area contributed by atoms with Crippen LogP contribution in [-0.4, -0.2) is 23.3 Å². The number of allylic oxidation sites excluding steroid dienone is 4. The van der Waals surface area contributed by atoms with Gasteiger partial charge < -0.3 is 19.4 Å². The molecular formula is C21H22O5. The fraction of sp³-hybridized carbons (Fsp3) is 0.286. The SMILES string of the molecule is COC(C=CC(=O)O)=CC(C)=CC1CCCc2oc3ccc(O)cc3c21. The molecule has 2 N–H and O–H groups in total. The van der Waals surface area contributed by atoms with Crippen molar-refractivity contribution in [1.29, 1.82) is 0 Å². The van der Waals surface area contributed by atoms with Gasteiger partial charge in [0, 0.05) is 29.4 Å². The van der Waals surface area contributed by atoms with Crippen LogP contribution >= 0.6 is 0 Å². The molecule has 5 heteroatoms. The summed E-state index contributed by atoms with van der Waals surface area (Å²) in [5.41, 5.74) is 2.91. The summed E-state index contributed by atoms with van der Waals surface area (Å²) < 4.78 is 11.2. The monoisotopic (exact) mass is 354 g/mol. The lowest BCUT2D eigenvalue weighted by molar-refractivity contribution is -0.131. The lowest BCUT2D eigenvalue weighted by Gasteiger charge is -2.19. The number of rotatable bonds is 5. The minimum absolute atomic E-state index is 0.180. The highest BCUT2D eigenvalue weighted by molar-refractivity contribution is 5.85. The van der Waals surface area contributed by atoms with Crippen molar-refractivity contribution < 1.29 is 24.2 Å². The number of phenols is 1. The number of benzene rings is 1. The number of aromatic hydroxyl groups is 1. The van der Waals surface area contributed by atoms with Crippen LogP contribution in [0.1, 0.15) is 37.0 Å². The van der Waals surface area contributed by atoms with E-state index >= 15 is 0 Å². The minimum atomic E-state index is -1.02. The normalized spacial score (nSPS) is 18.3. The largest absolute Gasteiger partial charge is 0.508 e. The molecule has 1 unspecified atom stereocenters. The molecule has 0 saturated heterocycles. The summed E-state index contributed by atoms with van der Waals surface area (Å²) >= 11 is 0. The first-order valence-corrected chi connectivity index (χ1v) is 8.57.